The van der Waals surface area contributed by atoms with Gasteiger partial charge in [0.2, 0.25) is 11.8 Å². The molecule has 1 aliphatic rings. The fourth-order valence-electron chi connectivity index (χ4n) is 3.08. The minimum absolute atomic E-state index is 0.0648. The second-order valence-electron chi connectivity index (χ2n) is 6.38. The molecule has 3 N–H and O–H groups in total. The topological polar surface area (TPSA) is 96.9 Å². The Balaban J connectivity index is 1.81. The average molecular weight is 364 g/mol. The van der Waals surface area contributed by atoms with Gasteiger partial charge in [-0.2, -0.15) is 0 Å². The number of rotatable bonds is 8. The number of aliphatic hydroxyl groups excluding tert-OH is 1. The molecule has 1 heterocycles. The van der Waals surface area contributed by atoms with Crippen LogP contribution in [0.25, 0.3) is 0 Å². The molecule has 0 radical (unpaired) electrons. The Morgan fingerprint density at radius 1 is 1.27 bits per heavy atom. The summed E-state index contributed by atoms with van der Waals surface area (Å²) >= 11 is 0. The van der Waals surface area contributed by atoms with E-state index in [1.165, 1.54) is 0 Å². The van der Waals surface area contributed by atoms with Crippen molar-refractivity contribution in [1.29, 1.82) is 0 Å². The van der Waals surface area contributed by atoms with Gasteiger partial charge in [-0.25, -0.2) is 0 Å². The van der Waals surface area contributed by atoms with Crippen molar-refractivity contribution < 1.29 is 24.2 Å². The minimum atomic E-state index is -0.480. The van der Waals surface area contributed by atoms with E-state index in [2.05, 4.69) is 10.6 Å². The second kappa shape index (κ2) is 10.1. The first-order valence-electron chi connectivity index (χ1n) is 9.01. The molecule has 1 aliphatic heterocycles. The fourth-order valence-corrected chi connectivity index (χ4v) is 3.08. The molecule has 1 aromatic rings. The Hall–Kier alpha value is -2.12. The van der Waals surface area contributed by atoms with Crippen molar-refractivity contribution in [3.63, 3.8) is 0 Å². The zero-order valence-electron chi connectivity index (χ0n) is 15.4. The van der Waals surface area contributed by atoms with E-state index >= 15 is 0 Å². The maximum absolute atomic E-state index is 12.2. The maximum Gasteiger partial charge on any atom is 0.222 e. The van der Waals surface area contributed by atoms with E-state index in [-0.39, 0.29) is 37.0 Å². The molecule has 26 heavy (non-hydrogen) atoms. The number of nitrogens with one attached hydrogen (secondary N) is 2. The summed E-state index contributed by atoms with van der Waals surface area (Å²) in [5, 5.41) is 15.3. The minimum Gasteiger partial charge on any atom is -0.496 e. The molecular formula is C19H28N2O5. The molecule has 0 saturated carbocycles. The van der Waals surface area contributed by atoms with Crippen LogP contribution in [0.2, 0.25) is 0 Å². The van der Waals surface area contributed by atoms with Crippen LogP contribution in [0.4, 0.5) is 0 Å². The predicted octanol–water partition coefficient (Wildman–Crippen LogP) is 1.14. The lowest BCUT2D eigenvalue weighted by Gasteiger charge is -2.36. The van der Waals surface area contributed by atoms with E-state index in [0.29, 0.717) is 25.8 Å². The number of carbonyl (C=O) groups is 2. The molecule has 7 nitrogen and oxygen atoms in total. The quantitative estimate of drug-likeness (QED) is 0.643. The van der Waals surface area contributed by atoms with Gasteiger partial charge in [0, 0.05) is 18.5 Å². The number of aliphatic hydroxyl groups is 1. The van der Waals surface area contributed by atoms with Crippen molar-refractivity contribution in [2.75, 3.05) is 13.7 Å². The Bertz CT molecular complexity index is 607. The molecule has 2 amide bonds. The Morgan fingerprint density at radius 2 is 2.04 bits per heavy atom. The van der Waals surface area contributed by atoms with Crippen LogP contribution >= 0.6 is 0 Å². The van der Waals surface area contributed by atoms with Gasteiger partial charge in [0.1, 0.15) is 11.9 Å². The first-order chi connectivity index (χ1) is 12.6. The van der Waals surface area contributed by atoms with E-state index in [1.807, 2.05) is 24.3 Å². The summed E-state index contributed by atoms with van der Waals surface area (Å²) in [6.45, 7) is 1.98. The standard InChI is InChI=1S/C19H28N2O5/c1-3-18(23)21-15-9-8-14(26-17(15)12-22)10-19(24)20-11-13-6-4-5-7-16(13)25-2/h4-7,14-15,17,22H,3,8-12H2,1-2H3,(H,20,24)(H,21,23)/t14-,15-,17-/m0/s1. The number of hydrogen-bond donors (Lipinski definition) is 3. The van der Waals surface area contributed by atoms with E-state index in [1.54, 1.807) is 14.0 Å². The Morgan fingerprint density at radius 3 is 2.73 bits per heavy atom. The lowest BCUT2D eigenvalue weighted by Crippen LogP contribution is -2.51. The van der Waals surface area contributed by atoms with E-state index in [4.69, 9.17) is 9.47 Å². The number of benzene rings is 1. The SMILES string of the molecule is CCC(=O)N[C@H]1CC[C@@H](CC(=O)NCc2ccccc2OC)O[C@H]1CO. The highest BCUT2D eigenvalue weighted by atomic mass is 16.5. The number of hydrogen-bond acceptors (Lipinski definition) is 5. The number of amides is 2. The molecule has 2 rings (SSSR count). The van der Waals surface area contributed by atoms with Gasteiger partial charge in [0.15, 0.2) is 0 Å². The summed E-state index contributed by atoms with van der Waals surface area (Å²) < 4.78 is 11.1. The van der Waals surface area contributed by atoms with Crippen LogP contribution in [-0.4, -0.2) is 48.9 Å². The molecule has 0 spiro atoms. The van der Waals surface area contributed by atoms with Crippen LogP contribution in [-0.2, 0) is 20.9 Å². The third kappa shape index (κ3) is 5.71. The molecule has 1 fully saturated rings. The van der Waals surface area contributed by atoms with Crippen molar-refractivity contribution >= 4 is 11.8 Å². The van der Waals surface area contributed by atoms with Crippen LogP contribution in [0.5, 0.6) is 5.75 Å². The van der Waals surface area contributed by atoms with Crippen LogP contribution in [0.15, 0.2) is 24.3 Å². The smallest absolute Gasteiger partial charge is 0.222 e. The predicted molar refractivity (Wildman–Crippen MR) is 96.7 cm³/mol. The summed E-state index contributed by atoms with van der Waals surface area (Å²) in [7, 11) is 1.60. The summed E-state index contributed by atoms with van der Waals surface area (Å²) in [5.74, 6) is 0.551. The monoisotopic (exact) mass is 364 g/mol. The second-order valence-corrected chi connectivity index (χ2v) is 6.38. The van der Waals surface area contributed by atoms with Crippen LogP contribution in [0.3, 0.4) is 0 Å². The van der Waals surface area contributed by atoms with Crippen molar-refractivity contribution in [3.05, 3.63) is 29.8 Å². The molecule has 1 saturated heterocycles. The van der Waals surface area contributed by atoms with Gasteiger partial charge in [-0.05, 0) is 18.9 Å². The van der Waals surface area contributed by atoms with Gasteiger partial charge in [0.25, 0.3) is 0 Å². The van der Waals surface area contributed by atoms with E-state index < -0.39 is 6.10 Å². The normalized spacial score (nSPS) is 22.5. The molecule has 3 atom stereocenters. The lowest BCUT2D eigenvalue weighted by molar-refractivity contribution is -0.135. The lowest BCUT2D eigenvalue weighted by atomic mass is 9.96. The summed E-state index contributed by atoms with van der Waals surface area (Å²) in [6.07, 6.45) is 1.21. The highest BCUT2D eigenvalue weighted by Crippen LogP contribution is 2.22. The van der Waals surface area contributed by atoms with Gasteiger partial charge in [0.05, 0.1) is 32.3 Å². The zero-order valence-corrected chi connectivity index (χ0v) is 15.4. The fraction of sp³-hybridized carbons (Fsp3) is 0.579. The largest absolute Gasteiger partial charge is 0.496 e. The van der Waals surface area contributed by atoms with E-state index in [9.17, 15) is 14.7 Å². The van der Waals surface area contributed by atoms with Gasteiger partial charge < -0.3 is 25.2 Å². The van der Waals surface area contributed by atoms with Gasteiger partial charge in [-0.3, -0.25) is 9.59 Å². The van der Waals surface area contributed by atoms with Crippen LogP contribution in [0.1, 0.15) is 38.2 Å². The Kier molecular flexibility index (Phi) is 7.87. The average Bonchev–Trinajstić information content (AvgIpc) is 2.67. The van der Waals surface area contributed by atoms with Gasteiger partial charge in [-0.15, -0.1) is 0 Å². The summed E-state index contributed by atoms with van der Waals surface area (Å²) in [6, 6.07) is 7.31. The summed E-state index contributed by atoms with van der Waals surface area (Å²) in [5.41, 5.74) is 0.906. The first-order valence-corrected chi connectivity index (χ1v) is 9.01. The molecule has 0 aliphatic carbocycles. The molecule has 1 aromatic carbocycles. The van der Waals surface area contributed by atoms with Crippen molar-refractivity contribution in [1.82, 2.24) is 10.6 Å². The van der Waals surface area contributed by atoms with Crippen molar-refractivity contribution in [2.45, 2.75) is 57.4 Å². The third-order valence-electron chi connectivity index (χ3n) is 4.54. The first kappa shape index (κ1) is 20.2. The highest BCUT2D eigenvalue weighted by Gasteiger charge is 2.32. The number of carbonyl (C=O) groups excluding carboxylic acids is 2. The molecule has 0 aromatic heterocycles. The van der Waals surface area contributed by atoms with Crippen LogP contribution < -0.4 is 15.4 Å². The van der Waals surface area contributed by atoms with Crippen molar-refractivity contribution in [2.24, 2.45) is 0 Å². The molecule has 144 valence electrons. The summed E-state index contributed by atoms with van der Waals surface area (Å²) in [4.78, 5) is 23.8. The highest BCUT2D eigenvalue weighted by molar-refractivity contribution is 5.77. The van der Waals surface area contributed by atoms with Gasteiger partial charge >= 0.3 is 0 Å². The van der Waals surface area contributed by atoms with E-state index in [0.717, 1.165) is 11.3 Å². The van der Waals surface area contributed by atoms with Gasteiger partial charge in [-0.1, -0.05) is 25.1 Å². The number of para-hydroxylation sites is 1. The van der Waals surface area contributed by atoms with Crippen LogP contribution in [0, 0.1) is 0 Å². The van der Waals surface area contributed by atoms with Crippen molar-refractivity contribution in [3.8, 4) is 5.75 Å². The molecule has 0 unspecified atom stereocenters. The maximum atomic E-state index is 12.2. The Labute approximate surface area is 154 Å². The molecule has 7 heteroatoms. The third-order valence-corrected chi connectivity index (χ3v) is 4.54. The molecule has 0 bridgehead atoms. The molecular weight excluding hydrogens is 336 g/mol. The zero-order chi connectivity index (χ0) is 18.9. The number of ether oxygens (including phenoxy) is 2. The number of methoxy groups -OCH3 is 1.